The minimum absolute atomic E-state index is 0.664. The second-order valence-corrected chi connectivity index (χ2v) is 4.48. The lowest BCUT2D eigenvalue weighted by Crippen LogP contribution is -2.24. The van der Waals surface area contributed by atoms with Crippen LogP contribution in [0.15, 0.2) is 0 Å². The number of nitrogens with one attached hydrogen (secondary N) is 1. The van der Waals surface area contributed by atoms with Crippen LogP contribution in [-0.2, 0) is 14.2 Å². The summed E-state index contributed by atoms with van der Waals surface area (Å²) in [5, 5.41) is 3.36. The van der Waals surface area contributed by atoms with Gasteiger partial charge in [-0.25, -0.2) is 0 Å². The Kier molecular flexibility index (Phi) is 14.7. The van der Waals surface area contributed by atoms with Crippen LogP contribution in [0.2, 0.25) is 0 Å². The van der Waals surface area contributed by atoms with Crippen molar-refractivity contribution >= 4 is 0 Å². The van der Waals surface area contributed by atoms with Crippen LogP contribution in [0.25, 0.3) is 0 Å². The molecule has 1 N–H and O–H groups in total. The molecule has 0 aromatic carbocycles. The molecule has 5 nitrogen and oxygen atoms in total. The van der Waals surface area contributed by atoms with Crippen molar-refractivity contribution in [2.75, 3.05) is 73.9 Å². The Morgan fingerprint density at radius 1 is 0.833 bits per heavy atom. The minimum atomic E-state index is 0.664. The molecule has 0 amide bonds. The normalized spacial score (nSPS) is 11.3. The molecule has 0 atom stereocenters. The van der Waals surface area contributed by atoms with Gasteiger partial charge in [0, 0.05) is 26.9 Å². The first kappa shape index (κ1) is 17.8. The van der Waals surface area contributed by atoms with Crippen molar-refractivity contribution in [2.45, 2.75) is 12.8 Å². The molecular weight excluding hydrogens is 232 g/mol. The molecule has 110 valence electrons. The highest BCUT2D eigenvalue weighted by Gasteiger charge is 1.92. The third-order valence-electron chi connectivity index (χ3n) is 2.39. The number of nitrogens with zero attached hydrogens (tertiary/aromatic N) is 1. The molecule has 0 aromatic heterocycles. The summed E-state index contributed by atoms with van der Waals surface area (Å²) < 4.78 is 15.7. The summed E-state index contributed by atoms with van der Waals surface area (Å²) in [6.45, 7) is 6.75. The van der Waals surface area contributed by atoms with Gasteiger partial charge in [0.25, 0.3) is 0 Å². The predicted octanol–water partition coefficient (Wildman–Crippen LogP) is 0.597. The smallest absolute Gasteiger partial charge is 0.0700 e. The third-order valence-corrected chi connectivity index (χ3v) is 2.39. The molecule has 0 saturated heterocycles. The van der Waals surface area contributed by atoms with Crippen LogP contribution >= 0.6 is 0 Å². The van der Waals surface area contributed by atoms with Gasteiger partial charge in [-0.2, -0.15) is 0 Å². The summed E-state index contributed by atoms with van der Waals surface area (Å²) >= 11 is 0. The zero-order chi connectivity index (χ0) is 13.5. The lowest BCUT2D eigenvalue weighted by molar-refractivity contribution is 0.0518. The van der Waals surface area contributed by atoms with Gasteiger partial charge in [-0.05, 0) is 40.0 Å². The van der Waals surface area contributed by atoms with E-state index in [1.54, 1.807) is 7.11 Å². The van der Waals surface area contributed by atoms with E-state index < -0.39 is 0 Å². The maximum atomic E-state index is 5.48. The number of hydrogen-bond donors (Lipinski definition) is 1. The molecule has 0 aliphatic heterocycles. The molecule has 0 aliphatic rings. The first-order chi connectivity index (χ1) is 8.77. The molecule has 0 spiro atoms. The van der Waals surface area contributed by atoms with Gasteiger partial charge in [-0.3, -0.25) is 0 Å². The van der Waals surface area contributed by atoms with Crippen molar-refractivity contribution in [3.8, 4) is 0 Å². The molecule has 0 fully saturated rings. The van der Waals surface area contributed by atoms with E-state index >= 15 is 0 Å². The van der Waals surface area contributed by atoms with Gasteiger partial charge in [0.15, 0.2) is 0 Å². The van der Waals surface area contributed by atoms with Crippen LogP contribution in [0.3, 0.4) is 0 Å². The molecule has 5 heteroatoms. The van der Waals surface area contributed by atoms with Gasteiger partial charge in [-0.15, -0.1) is 0 Å². The molecule has 0 radical (unpaired) electrons. The summed E-state index contributed by atoms with van der Waals surface area (Å²) in [6.07, 6.45) is 2.13. The molecule has 0 aliphatic carbocycles. The highest BCUT2D eigenvalue weighted by Crippen LogP contribution is 1.86. The van der Waals surface area contributed by atoms with Crippen LogP contribution in [-0.4, -0.2) is 78.8 Å². The number of methoxy groups -OCH3 is 1. The standard InChI is InChI=1S/C13H30N2O3/c1-15(2)8-4-6-14-7-11-17-9-5-10-18-13-12-16-3/h14H,4-13H2,1-3H3. The quantitative estimate of drug-likeness (QED) is 0.464. The maximum Gasteiger partial charge on any atom is 0.0700 e. The molecule has 0 saturated carbocycles. The van der Waals surface area contributed by atoms with E-state index in [0.717, 1.165) is 45.9 Å². The first-order valence-corrected chi connectivity index (χ1v) is 6.77. The largest absolute Gasteiger partial charge is 0.382 e. The van der Waals surface area contributed by atoms with Gasteiger partial charge in [0.1, 0.15) is 0 Å². The van der Waals surface area contributed by atoms with E-state index in [4.69, 9.17) is 14.2 Å². The van der Waals surface area contributed by atoms with Crippen molar-refractivity contribution in [1.29, 1.82) is 0 Å². The van der Waals surface area contributed by atoms with Gasteiger partial charge >= 0.3 is 0 Å². The minimum Gasteiger partial charge on any atom is -0.382 e. The summed E-state index contributed by atoms with van der Waals surface area (Å²) in [6, 6.07) is 0. The van der Waals surface area contributed by atoms with Crippen LogP contribution in [0, 0.1) is 0 Å². The second-order valence-electron chi connectivity index (χ2n) is 4.48. The molecule has 0 aromatic rings. The molecule has 18 heavy (non-hydrogen) atoms. The Hall–Kier alpha value is -0.200. The fraction of sp³-hybridized carbons (Fsp3) is 1.00. The van der Waals surface area contributed by atoms with E-state index in [9.17, 15) is 0 Å². The first-order valence-electron chi connectivity index (χ1n) is 6.77. The van der Waals surface area contributed by atoms with Crippen LogP contribution in [0.4, 0.5) is 0 Å². The van der Waals surface area contributed by atoms with Crippen molar-refractivity contribution in [1.82, 2.24) is 10.2 Å². The molecule has 0 heterocycles. The SMILES string of the molecule is COCCOCCCOCCNCCCN(C)C. The average Bonchev–Trinajstić information content (AvgIpc) is 2.34. The summed E-state index contributed by atoms with van der Waals surface area (Å²) in [7, 11) is 5.87. The highest BCUT2D eigenvalue weighted by molar-refractivity contribution is 4.50. The fourth-order valence-corrected chi connectivity index (χ4v) is 1.40. The topological polar surface area (TPSA) is 43.0 Å². The van der Waals surface area contributed by atoms with E-state index in [1.165, 1.54) is 6.42 Å². The van der Waals surface area contributed by atoms with Gasteiger partial charge < -0.3 is 24.4 Å². The highest BCUT2D eigenvalue weighted by atomic mass is 16.5. The Labute approximate surface area is 112 Å². The van der Waals surface area contributed by atoms with Gasteiger partial charge in [0.05, 0.1) is 19.8 Å². The number of rotatable bonds is 14. The monoisotopic (exact) mass is 262 g/mol. The molecular formula is C13H30N2O3. The van der Waals surface area contributed by atoms with E-state index in [0.29, 0.717) is 13.2 Å². The van der Waals surface area contributed by atoms with Crippen LogP contribution < -0.4 is 5.32 Å². The van der Waals surface area contributed by atoms with Crippen LogP contribution in [0.5, 0.6) is 0 Å². The molecule has 0 unspecified atom stereocenters. The van der Waals surface area contributed by atoms with Crippen molar-refractivity contribution in [2.24, 2.45) is 0 Å². The Balaban J connectivity index is 2.90. The second kappa shape index (κ2) is 14.9. The van der Waals surface area contributed by atoms with E-state index in [-0.39, 0.29) is 0 Å². The van der Waals surface area contributed by atoms with Gasteiger partial charge in [0.2, 0.25) is 0 Å². The Bertz CT molecular complexity index is 157. The van der Waals surface area contributed by atoms with Crippen LogP contribution in [0.1, 0.15) is 12.8 Å². The summed E-state index contributed by atoms with van der Waals surface area (Å²) in [4.78, 5) is 2.20. The van der Waals surface area contributed by atoms with E-state index in [2.05, 4.69) is 24.3 Å². The third kappa shape index (κ3) is 15.8. The lowest BCUT2D eigenvalue weighted by atomic mass is 10.4. The zero-order valence-corrected chi connectivity index (χ0v) is 12.2. The summed E-state index contributed by atoms with van der Waals surface area (Å²) in [5.74, 6) is 0. The predicted molar refractivity (Wildman–Crippen MR) is 74.2 cm³/mol. The van der Waals surface area contributed by atoms with Crippen molar-refractivity contribution < 1.29 is 14.2 Å². The average molecular weight is 262 g/mol. The number of hydrogen-bond acceptors (Lipinski definition) is 5. The van der Waals surface area contributed by atoms with E-state index in [1.807, 2.05) is 0 Å². The lowest BCUT2D eigenvalue weighted by Gasteiger charge is -2.10. The molecule has 0 rings (SSSR count). The fourth-order valence-electron chi connectivity index (χ4n) is 1.40. The Morgan fingerprint density at radius 2 is 1.56 bits per heavy atom. The maximum absolute atomic E-state index is 5.48. The van der Waals surface area contributed by atoms with Crippen molar-refractivity contribution in [3.05, 3.63) is 0 Å². The van der Waals surface area contributed by atoms with Gasteiger partial charge in [-0.1, -0.05) is 0 Å². The van der Waals surface area contributed by atoms with Crippen molar-refractivity contribution in [3.63, 3.8) is 0 Å². The Morgan fingerprint density at radius 3 is 2.22 bits per heavy atom. The number of ether oxygens (including phenoxy) is 3. The summed E-state index contributed by atoms with van der Waals surface area (Å²) in [5.41, 5.74) is 0. The zero-order valence-electron chi connectivity index (χ0n) is 12.2. The molecule has 0 bridgehead atoms.